The first-order chi connectivity index (χ1) is 12.0. The number of aryl methyl sites for hydroxylation is 2. The first-order valence-electron chi connectivity index (χ1n) is 7.92. The van der Waals surface area contributed by atoms with Crippen LogP contribution in [0, 0.1) is 20.8 Å². The normalized spacial score (nSPS) is 10.7. The number of carbonyl (C=O) groups is 1. The first kappa shape index (κ1) is 17.2. The van der Waals surface area contributed by atoms with E-state index in [4.69, 9.17) is 4.52 Å². The van der Waals surface area contributed by atoms with E-state index in [0.29, 0.717) is 16.3 Å². The summed E-state index contributed by atoms with van der Waals surface area (Å²) in [6, 6.07) is 11.3. The summed E-state index contributed by atoms with van der Waals surface area (Å²) in [6.07, 6.45) is 1.69. The standard InChI is InChI=1S/C19H19N3O2S/c1-12-6-4-8-17(14(12)3)21-18(23)16-7-5-9-20-19(16)25-11-15-10-13(2)24-22-15/h4-10H,11H2,1-3H3,(H,21,23). The molecule has 1 aromatic carbocycles. The number of nitrogens with zero attached hydrogens (tertiary/aromatic N) is 2. The molecule has 0 spiro atoms. The lowest BCUT2D eigenvalue weighted by Crippen LogP contribution is -2.14. The Bertz CT molecular complexity index is 905. The quantitative estimate of drug-likeness (QED) is 0.682. The second kappa shape index (κ2) is 7.53. The molecule has 128 valence electrons. The third-order valence-corrected chi connectivity index (χ3v) is 4.94. The molecule has 0 aliphatic carbocycles. The maximum Gasteiger partial charge on any atom is 0.258 e. The molecule has 3 aromatic rings. The minimum atomic E-state index is -0.166. The van der Waals surface area contributed by atoms with Gasteiger partial charge >= 0.3 is 0 Å². The lowest BCUT2D eigenvalue weighted by atomic mass is 10.1. The molecule has 0 bridgehead atoms. The number of carbonyl (C=O) groups excluding carboxylic acids is 1. The van der Waals surface area contributed by atoms with Gasteiger partial charge in [-0.3, -0.25) is 4.79 Å². The first-order valence-corrected chi connectivity index (χ1v) is 8.90. The highest BCUT2D eigenvalue weighted by atomic mass is 32.2. The van der Waals surface area contributed by atoms with Crippen LogP contribution >= 0.6 is 11.8 Å². The van der Waals surface area contributed by atoms with Crippen LogP contribution in [0.3, 0.4) is 0 Å². The van der Waals surface area contributed by atoms with E-state index in [9.17, 15) is 4.79 Å². The molecule has 0 saturated carbocycles. The van der Waals surface area contributed by atoms with Crippen molar-refractivity contribution < 1.29 is 9.32 Å². The van der Waals surface area contributed by atoms with Gasteiger partial charge in [-0.05, 0) is 50.1 Å². The molecule has 5 nitrogen and oxygen atoms in total. The molecule has 1 amide bonds. The van der Waals surface area contributed by atoms with Gasteiger partial charge in [-0.15, -0.1) is 0 Å². The summed E-state index contributed by atoms with van der Waals surface area (Å²) >= 11 is 1.47. The monoisotopic (exact) mass is 353 g/mol. The van der Waals surface area contributed by atoms with Gasteiger partial charge in [0, 0.05) is 23.7 Å². The number of pyridine rings is 1. The zero-order valence-electron chi connectivity index (χ0n) is 14.4. The number of amides is 1. The molecule has 2 heterocycles. The molecule has 0 radical (unpaired) electrons. The summed E-state index contributed by atoms with van der Waals surface area (Å²) in [6.45, 7) is 5.87. The Kier molecular flexibility index (Phi) is 5.19. The third kappa shape index (κ3) is 4.09. The van der Waals surface area contributed by atoms with Gasteiger partial charge in [-0.1, -0.05) is 29.1 Å². The van der Waals surface area contributed by atoms with Crippen LogP contribution in [0.4, 0.5) is 5.69 Å². The Labute approximate surface area is 150 Å². The number of aromatic nitrogens is 2. The van der Waals surface area contributed by atoms with Crippen molar-refractivity contribution in [2.75, 3.05) is 5.32 Å². The molecule has 1 N–H and O–H groups in total. The van der Waals surface area contributed by atoms with Crippen LogP contribution in [-0.4, -0.2) is 16.0 Å². The minimum Gasteiger partial charge on any atom is -0.361 e. The second-order valence-electron chi connectivity index (χ2n) is 5.78. The Morgan fingerprint density at radius 2 is 2.04 bits per heavy atom. The second-order valence-corrected chi connectivity index (χ2v) is 6.74. The van der Waals surface area contributed by atoms with Gasteiger partial charge in [0.25, 0.3) is 5.91 Å². The van der Waals surface area contributed by atoms with Crippen LogP contribution in [0.25, 0.3) is 0 Å². The largest absolute Gasteiger partial charge is 0.361 e. The van der Waals surface area contributed by atoms with Crippen molar-refractivity contribution in [1.29, 1.82) is 0 Å². The van der Waals surface area contributed by atoms with E-state index in [1.807, 2.05) is 45.0 Å². The Morgan fingerprint density at radius 3 is 2.80 bits per heavy atom. The van der Waals surface area contributed by atoms with E-state index in [1.54, 1.807) is 18.3 Å². The number of nitrogens with one attached hydrogen (secondary N) is 1. The van der Waals surface area contributed by atoms with Crippen molar-refractivity contribution in [2.24, 2.45) is 0 Å². The Morgan fingerprint density at radius 1 is 1.20 bits per heavy atom. The SMILES string of the molecule is Cc1cc(CSc2ncccc2C(=O)Nc2cccc(C)c2C)no1. The maximum absolute atomic E-state index is 12.7. The van der Waals surface area contributed by atoms with Crippen molar-refractivity contribution in [3.8, 4) is 0 Å². The Balaban J connectivity index is 1.77. The van der Waals surface area contributed by atoms with E-state index in [-0.39, 0.29) is 5.91 Å². The van der Waals surface area contributed by atoms with Crippen molar-refractivity contribution in [3.05, 3.63) is 70.7 Å². The van der Waals surface area contributed by atoms with Crippen LogP contribution in [0.2, 0.25) is 0 Å². The fourth-order valence-corrected chi connectivity index (χ4v) is 3.26. The minimum absolute atomic E-state index is 0.166. The van der Waals surface area contributed by atoms with E-state index in [0.717, 1.165) is 28.3 Å². The predicted molar refractivity (Wildman–Crippen MR) is 98.9 cm³/mol. The average molecular weight is 353 g/mol. The molecule has 2 aromatic heterocycles. The summed E-state index contributed by atoms with van der Waals surface area (Å²) in [5.74, 6) is 1.20. The number of hydrogen-bond donors (Lipinski definition) is 1. The highest BCUT2D eigenvalue weighted by Crippen LogP contribution is 2.25. The lowest BCUT2D eigenvalue weighted by Gasteiger charge is -2.12. The van der Waals surface area contributed by atoms with Gasteiger partial charge in [0.1, 0.15) is 10.8 Å². The molecule has 0 fully saturated rings. The molecule has 25 heavy (non-hydrogen) atoms. The van der Waals surface area contributed by atoms with Gasteiger partial charge in [-0.2, -0.15) is 0 Å². The molecule has 0 unspecified atom stereocenters. The van der Waals surface area contributed by atoms with Gasteiger partial charge in [0.2, 0.25) is 0 Å². The van der Waals surface area contributed by atoms with E-state index in [1.165, 1.54) is 11.8 Å². The smallest absolute Gasteiger partial charge is 0.258 e. The van der Waals surface area contributed by atoms with E-state index < -0.39 is 0 Å². The molecule has 0 atom stereocenters. The van der Waals surface area contributed by atoms with Gasteiger partial charge in [0.05, 0.1) is 11.3 Å². The molecular formula is C19H19N3O2S. The molecular weight excluding hydrogens is 334 g/mol. The van der Waals surface area contributed by atoms with Crippen molar-refractivity contribution in [1.82, 2.24) is 10.1 Å². The van der Waals surface area contributed by atoms with E-state index in [2.05, 4.69) is 15.5 Å². The lowest BCUT2D eigenvalue weighted by molar-refractivity contribution is 0.102. The maximum atomic E-state index is 12.7. The molecule has 0 aliphatic rings. The number of rotatable bonds is 5. The molecule has 3 rings (SSSR count). The summed E-state index contributed by atoms with van der Waals surface area (Å²) in [7, 11) is 0. The summed E-state index contributed by atoms with van der Waals surface area (Å²) in [4.78, 5) is 17.1. The number of anilines is 1. The van der Waals surface area contributed by atoms with Crippen molar-refractivity contribution in [2.45, 2.75) is 31.6 Å². The zero-order chi connectivity index (χ0) is 17.8. The van der Waals surface area contributed by atoms with Crippen LogP contribution < -0.4 is 5.32 Å². The van der Waals surface area contributed by atoms with Crippen molar-refractivity contribution >= 4 is 23.4 Å². The summed E-state index contributed by atoms with van der Waals surface area (Å²) in [5, 5.41) is 7.63. The summed E-state index contributed by atoms with van der Waals surface area (Å²) in [5.41, 5.74) is 4.39. The topological polar surface area (TPSA) is 68.0 Å². The highest BCUT2D eigenvalue weighted by Gasteiger charge is 2.15. The fraction of sp³-hybridized carbons (Fsp3) is 0.211. The van der Waals surface area contributed by atoms with Crippen LogP contribution in [-0.2, 0) is 5.75 Å². The van der Waals surface area contributed by atoms with Crippen LogP contribution in [0.5, 0.6) is 0 Å². The highest BCUT2D eigenvalue weighted by molar-refractivity contribution is 7.98. The summed E-state index contributed by atoms with van der Waals surface area (Å²) < 4.78 is 5.07. The van der Waals surface area contributed by atoms with Gasteiger partial charge in [0.15, 0.2) is 0 Å². The van der Waals surface area contributed by atoms with Gasteiger partial charge < -0.3 is 9.84 Å². The zero-order valence-corrected chi connectivity index (χ0v) is 15.2. The molecule has 0 aliphatic heterocycles. The van der Waals surface area contributed by atoms with Crippen LogP contribution in [0.1, 0.15) is 32.9 Å². The molecule has 0 saturated heterocycles. The number of hydrogen-bond acceptors (Lipinski definition) is 5. The Hall–Kier alpha value is -2.60. The average Bonchev–Trinajstić information content (AvgIpc) is 3.03. The van der Waals surface area contributed by atoms with Crippen LogP contribution in [0.15, 0.2) is 52.1 Å². The number of benzene rings is 1. The van der Waals surface area contributed by atoms with Gasteiger partial charge in [-0.25, -0.2) is 4.98 Å². The molecule has 6 heteroatoms. The fourth-order valence-electron chi connectivity index (χ4n) is 2.38. The van der Waals surface area contributed by atoms with Crippen molar-refractivity contribution in [3.63, 3.8) is 0 Å². The predicted octanol–water partition coefficient (Wildman–Crippen LogP) is 4.54. The third-order valence-electron chi connectivity index (χ3n) is 3.90. The van der Waals surface area contributed by atoms with E-state index >= 15 is 0 Å². The number of thioether (sulfide) groups is 1.